The van der Waals surface area contributed by atoms with Gasteiger partial charge >= 0.3 is 5.97 Å². The fourth-order valence-corrected chi connectivity index (χ4v) is 8.60. The van der Waals surface area contributed by atoms with Gasteiger partial charge in [-0.3, -0.25) is 14.4 Å². The number of rotatable bonds is 8. The van der Waals surface area contributed by atoms with Gasteiger partial charge in [0.2, 0.25) is 5.91 Å². The van der Waals surface area contributed by atoms with E-state index in [9.17, 15) is 22.8 Å². The summed E-state index contributed by atoms with van der Waals surface area (Å²) in [6, 6.07) is -0.371. The summed E-state index contributed by atoms with van der Waals surface area (Å²) in [5.41, 5.74) is -0.327. The molecule has 1 aliphatic heterocycles. The highest BCUT2D eigenvalue weighted by Crippen LogP contribution is 2.60. The van der Waals surface area contributed by atoms with Gasteiger partial charge in [0.25, 0.3) is 5.91 Å². The Hall–Kier alpha value is -1.64. The van der Waals surface area contributed by atoms with Crippen molar-refractivity contribution >= 4 is 27.6 Å². The Morgan fingerprint density at radius 2 is 1.66 bits per heavy atom. The van der Waals surface area contributed by atoms with Crippen molar-refractivity contribution in [1.82, 2.24) is 10.2 Å². The Bertz CT molecular complexity index is 832. The topological polar surface area (TPSA) is 110 Å². The van der Waals surface area contributed by atoms with E-state index in [-0.39, 0.29) is 47.2 Å². The first-order valence-corrected chi connectivity index (χ1v) is 13.8. The lowest BCUT2D eigenvalue weighted by Gasteiger charge is -2.55. The van der Waals surface area contributed by atoms with Crippen molar-refractivity contribution in [2.45, 2.75) is 64.8 Å². The summed E-state index contributed by atoms with van der Waals surface area (Å²) in [7, 11) is -3.13. The number of sulfone groups is 1. The molecule has 0 aromatic carbocycles. The lowest BCUT2D eigenvalue weighted by molar-refractivity contribution is -0.155. The molecule has 4 bridgehead atoms. The van der Waals surface area contributed by atoms with Crippen LogP contribution >= 0.6 is 0 Å². The fourth-order valence-electron chi connectivity index (χ4n) is 6.87. The van der Waals surface area contributed by atoms with Crippen molar-refractivity contribution in [1.29, 1.82) is 0 Å². The maximum atomic E-state index is 13.0. The summed E-state index contributed by atoms with van der Waals surface area (Å²) in [5, 5.41) is 2.77. The first-order valence-electron chi connectivity index (χ1n) is 12.0. The van der Waals surface area contributed by atoms with Crippen LogP contribution in [0.25, 0.3) is 0 Å². The highest BCUT2D eigenvalue weighted by Gasteiger charge is 2.54. The van der Waals surface area contributed by atoms with Crippen molar-refractivity contribution in [2.24, 2.45) is 29.1 Å². The highest BCUT2D eigenvalue weighted by atomic mass is 32.2. The molecular weight excluding hydrogens is 432 g/mol. The molecule has 0 aromatic rings. The second-order valence-electron chi connectivity index (χ2n) is 11.0. The highest BCUT2D eigenvalue weighted by molar-refractivity contribution is 7.91. The molecule has 9 heteroatoms. The zero-order chi connectivity index (χ0) is 23.1. The first-order chi connectivity index (χ1) is 15.1. The van der Waals surface area contributed by atoms with Gasteiger partial charge in [-0.05, 0) is 68.6 Å². The van der Waals surface area contributed by atoms with E-state index in [1.54, 1.807) is 0 Å². The monoisotopic (exact) mass is 468 g/mol. The second kappa shape index (κ2) is 8.95. The quantitative estimate of drug-likeness (QED) is 0.541. The summed E-state index contributed by atoms with van der Waals surface area (Å²) >= 11 is 0. The van der Waals surface area contributed by atoms with E-state index in [0.717, 1.165) is 19.3 Å². The van der Waals surface area contributed by atoms with E-state index in [1.165, 1.54) is 24.2 Å². The van der Waals surface area contributed by atoms with Gasteiger partial charge in [-0.2, -0.15) is 0 Å². The van der Waals surface area contributed by atoms with Crippen LogP contribution in [0.5, 0.6) is 0 Å². The smallest absolute Gasteiger partial charge is 0.325 e. The molecule has 180 valence electrons. The summed E-state index contributed by atoms with van der Waals surface area (Å²) in [4.78, 5) is 39.5. The fraction of sp³-hybridized carbons (Fsp3) is 0.870. The van der Waals surface area contributed by atoms with Gasteiger partial charge in [0.15, 0.2) is 16.4 Å². The van der Waals surface area contributed by atoms with Crippen LogP contribution in [-0.4, -0.2) is 68.3 Å². The molecule has 1 atom stereocenters. The number of esters is 1. The molecule has 1 N–H and O–H groups in total. The maximum absolute atomic E-state index is 13.0. The standard InChI is InChI=1S/C23H36N2O6S/c1-15(2)12-25(19-3-4-32(29,30)14-19)20(26)13-31-21(27)11-24-22(28)23-8-16-5-17(9-23)7-18(6-16)10-23/h15-19H,3-14H2,1-2H3,(H,24,28)/t16?,17?,18?,19-,23?/m1/s1. The third kappa shape index (κ3) is 5.13. The number of nitrogens with zero attached hydrogens (tertiary/aromatic N) is 1. The van der Waals surface area contributed by atoms with Gasteiger partial charge in [-0.1, -0.05) is 13.8 Å². The molecule has 2 amide bonds. The average Bonchev–Trinajstić information content (AvgIpc) is 3.06. The Morgan fingerprint density at radius 1 is 1.06 bits per heavy atom. The van der Waals surface area contributed by atoms with Crippen molar-refractivity contribution in [3.63, 3.8) is 0 Å². The van der Waals surface area contributed by atoms with Gasteiger partial charge < -0.3 is 15.0 Å². The molecule has 0 aromatic heterocycles. The summed E-state index contributed by atoms with van der Waals surface area (Å²) in [6.07, 6.45) is 6.91. The third-order valence-electron chi connectivity index (χ3n) is 7.80. The van der Waals surface area contributed by atoms with Crippen LogP contribution in [0.3, 0.4) is 0 Å². The molecule has 5 rings (SSSR count). The molecule has 0 unspecified atom stereocenters. The third-order valence-corrected chi connectivity index (χ3v) is 9.55. The van der Waals surface area contributed by atoms with Gasteiger partial charge in [0.1, 0.15) is 6.54 Å². The first kappa shape index (κ1) is 23.5. The summed E-state index contributed by atoms with van der Waals surface area (Å²) < 4.78 is 28.8. The van der Waals surface area contributed by atoms with Crippen molar-refractivity contribution in [3.05, 3.63) is 0 Å². The average molecular weight is 469 g/mol. The van der Waals surface area contributed by atoms with Gasteiger partial charge in [0.05, 0.1) is 11.5 Å². The lowest BCUT2D eigenvalue weighted by atomic mass is 9.49. The van der Waals surface area contributed by atoms with Gasteiger partial charge in [-0.25, -0.2) is 8.42 Å². The molecule has 1 saturated heterocycles. The molecule has 32 heavy (non-hydrogen) atoms. The molecule has 5 aliphatic rings. The van der Waals surface area contributed by atoms with Crippen molar-refractivity contribution in [3.8, 4) is 0 Å². The van der Waals surface area contributed by atoms with E-state index in [0.29, 0.717) is 30.7 Å². The van der Waals surface area contributed by atoms with Crippen molar-refractivity contribution in [2.75, 3.05) is 31.2 Å². The Kier molecular flexibility index (Phi) is 6.58. The summed E-state index contributed by atoms with van der Waals surface area (Å²) in [5.74, 6) is 1.06. The minimum atomic E-state index is -3.13. The van der Waals surface area contributed by atoms with Gasteiger partial charge in [0, 0.05) is 18.0 Å². The molecule has 4 saturated carbocycles. The normalized spacial score (nSPS) is 34.5. The van der Waals surface area contributed by atoms with Crippen LogP contribution in [0.2, 0.25) is 0 Å². The molecule has 5 fully saturated rings. The predicted octanol–water partition coefficient (Wildman–Crippen LogP) is 1.53. The van der Waals surface area contributed by atoms with Crippen LogP contribution < -0.4 is 5.32 Å². The van der Waals surface area contributed by atoms with Crippen LogP contribution in [0.4, 0.5) is 0 Å². The second-order valence-corrected chi connectivity index (χ2v) is 13.3. The Morgan fingerprint density at radius 3 is 2.16 bits per heavy atom. The molecule has 8 nitrogen and oxygen atoms in total. The SMILES string of the molecule is CC(C)CN(C(=O)COC(=O)CNC(=O)C12CC3CC(CC(C3)C1)C2)[C@@H]1CCS(=O)(=O)C1. The van der Waals surface area contributed by atoms with E-state index < -0.39 is 22.4 Å². The molecule has 1 heterocycles. The van der Waals surface area contributed by atoms with Crippen LogP contribution in [-0.2, 0) is 29.0 Å². The minimum Gasteiger partial charge on any atom is -0.454 e. The van der Waals surface area contributed by atoms with E-state index in [1.807, 2.05) is 13.8 Å². The van der Waals surface area contributed by atoms with Gasteiger partial charge in [-0.15, -0.1) is 0 Å². The number of amides is 2. The largest absolute Gasteiger partial charge is 0.454 e. The van der Waals surface area contributed by atoms with E-state index >= 15 is 0 Å². The number of nitrogens with one attached hydrogen (secondary N) is 1. The van der Waals surface area contributed by atoms with E-state index in [2.05, 4.69) is 5.32 Å². The zero-order valence-electron chi connectivity index (χ0n) is 19.2. The molecule has 0 radical (unpaired) electrons. The Balaban J connectivity index is 1.26. The number of hydrogen-bond acceptors (Lipinski definition) is 6. The number of hydrogen-bond donors (Lipinski definition) is 1. The number of ether oxygens (including phenoxy) is 1. The zero-order valence-corrected chi connectivity index (χ0v) is 20.0. The molecule has 0 spiro atoms. The minimum absolute atomic E-state index is 0.0411. The van der Waals surface area contributed by atoms with E-state index in [4.69, 9.17) is 4.74 Å². The lowest BCUT2D eigenvalue weighted by Crippen LogP contribution is -2.54. The van der Waals surface area contributed by atoms with Crippen LogP contribution in [0, 0.1) is 29.1 Å². The van der Waals surface area contributed by atoms with Crippen molar-refractivity contribution < 1.29 is 27.5 Å². The number of carbonyl (C=O) groups is 3. The predicted molar refractivity (Wildman–Crippen MR) is 118 cm³/mol. The summed E-state index contributed by atoms with van der Waals surface area (Å²) in [6.45, 7) is 3.65. The molecule has 4 aliphatic carbocycles. The van der Waals surface area contributed by atoms with Crippen LogP contribution in [0.15, 0.2) is 0 Å². The number of carbonyl (C=O) groups excluding carboxylic acids is 3. The Labute approximate surface area is 190 Å². The van der Waals surface area contributed by atoms with Crippen LogP contribution in [0.1, 0.15) is 58.8 Å². The maximum Gasteiger partial charge on any atom is 0.325 e. The molecular formula is C23H36N2O6S.